The third kappa shape index (κ3) is 2.90. The van der Waals surface area contributed by atoms with E-state index < -0.39 is 5.91 Å². The predicted octanol–water partition coefficient (Wildman–Crippen LogP) is 2.80. The van der Waals surface area contributed by atoms with Crippen molar-refractivity contribution in [1.82, 2.24) is 9.88 Å². The summed E-state index contributed by atoms with van der Waals surface area (Å²) < 4.78 is 6.30. The van der Waals surface area contributed by atoms with Crippen LogP contribution in [0, 0.1) is 29.6 Å². The first-order chi connectivity index (χ1) is 13.1. The Balaban J connectivity index is 1.40. The van der Waals surface area contributed by atoms with Crippen molar-refractivity contribution in [2.24, 2.45) is 35.3 Å². The van der Waals surface area contributed by atoms with Gasteiger partial charge in [0.2, 0.25) is 0 Å². The van der Waals surface area contributed by atoms with Gasteiger partial charge in [0.25, 0.3) is 5.91 Å². The molecule has 1 aromatic heterocycles. The van der Waals surface area contributed by atoms with Crippen molar-refractivity contribution < 1.29 is 9.53 Å². The number of pyridine rings is 1. The first kappa shape index (κ1) is 17.6. The minimum absolute atomic E-state index is 0.306. The number of piperidine rings is 1. The predicted molar refractivity (Wildman–Crippen MR) is 103 cm³/mol. The number of nitrogens with two attached hydrogens (primary N) is 1. The van der Waals surface area contributed by atoms with Crippen LogP contribution in [-0.2, 0) is 10.3 Å². The van der Waals surface area contributed by atoms with E-state index in [4.69, 9.17) is 10.5 Å². The number of ether oxygens (including phenoxy) is 1. The van der Waals surface area contributed by atoms with Gasteiger partial charge in [-0.05, 0) is 67.6 Å². The van der Waals surface area contributed by atoms with E-state index >= 15 is 0 Å². The Morgan fingerprint density at radius 1 is 1.26 bits per heavy atom. The van der Waals surface area contributed by atoms with E-state index in [1.165, 1.54) is 45.1 Å². The molecule has 1 amide bonds. The van der Waals surface area contributed by atoms with Crippen LogP contribution in [0.1, 0.15) is 54.6 Å². The van der Waals surface area contributed by atoms with Crippen molar-refractivity contribution in [2.45, 2.75) is 44.1 Å². The van der Waals surface area contributed by atoms with Gasteiger partial charge in [-0.3, -0.25) is 9.78 Å². The Labute approximate surface area is 161 Å². The minimum atomic E-state index is -0.467. The number of hydrogen-bond donors (Lipinski definition) is 1. The summed E-state index contributed by atoms with van der Waals surface area (Å²) >= 11 is 0. The van der Waals surface area contributed by atoms with Gasteiger partial charge in [-0.1, -0.05) is 6.42 Å². The van der Waals surface area contributed by atoms with E-state index in [1.54, 1.807) is 6.20 Å². The summed E-state index contributed by atoms with van der Waals surface area (Å²) in [6.45, 7) is 3.47. The Morgan fingerprint density at radius 2 is 1.96 bits per heavy atom. The molecular formula is C22H31N3O2. The number of primary amides is 1. The zero-order valence-corrected chi connectivity index (χ0v) is 16.3. The highest BCUT2D eigenvalue weighted by molar-refractivity contribution is 5.90. The minimum Gasteiger partial charge on any atom is -0.373 e. The normalized spacial score (nSPS) is 40.6. The lowest BCUT2D eigenvalue weighted by atomic mass is 9.62. The van der Waals surface area contributed by atoms with Gasteiger partial charge in [0.1, 0.15) is 11.3 Å². The molecule has 5 rings (SSSR count). The summed E-state index contributed by atoms with van der Waals surface area (Å²) in [5.41, 5.74) is 6.61. The number of nitrogens with zero attached hydrogens (tertiary/aromatic N) is 2. The van der Waals surface area contributed by atoms with E-state index in [9.17, 15) is 4.79 Å². The molecule has 3 aliphatic carbocycles. The van der Waals surface area contributed by atoms with Gasteiger partial charge in [0.15, 0.2) is 0 Å². The van der Waals surface area contributed by atoms with Gasteiger partial charge < -0.3 is 15.4 Å². The largest absolute Gasteiger partial charge is 0.373 e. The number of carbonyl (C=O) groups excluding carboxylic acids is 1. The number of fused-ring (bicyclic) bond motifs is 3. The van der Waals surface area contributed by atoms with Gasteiger partial charge in [0.05, 0.1) is 0 Å². The Kier molecular flexibility index (Phi) is 4.28. The highest BCUT2D eigenvalue weighted by Gasteiger charge is 2.54. The Morgan fingerprint density at radius 3 is 2.59 bits per heavy atom. The molecule has 27 heavy (non-hydrogen) atoms. The molecule has 1 aliphatic heterocycles. The summed E-state index contributed by atoms with van der Waals surface area (Å²) in [5.74, 6) is 3.49. The molecule has 0 radical (unpaired) electrons. The van der Waals surface area contributed by atoms with Gasteiger partial charge in [0, 0.05) is 44.8 Å². The van der Waals surface area contributed by atoms with E-state index in [1.807, 2.05) is 19.2 Å². The molecule has 4 fully saturated rings. The fourth-order valence-corrected chi connectivity index (χ4v) is 6.76. The average molecular weight is 370 g/mol. The summed E-state index contributed by atoms with van der Waals surface area (Å²) in [6.07, 6.45) is 9.77. The van der Waals surface area contributed by atoms with Crippen LogP contribution in [0.4, 0.5) is 0 Å². The monoisotopic (exact) mass is 369 g/mol. The van der Waals surface area contributed by atoms with Crippen LogP contribution >= 0.6 is 0 Å². The molecule has 1 saturated heterocycles. The number of amides is 1. The van der Waals surface area contributed by atoms with Crippen LogP contribution in [0.2, 0.25) is 0 Å². The van der Waals surface area contributed by atoms with Crippen molar-refractivity contribution in [2.75, 3.05) is 26.7 Å². The fraction of sp³-hybridized carbons (Fsp3) is 0.727. The Hall–Kier alpha value is -1.46. The quantitative estimate of drug-likeness (QED) is 0.867. The number of aromatic nitrogens is 1. The number of likely N-dealkylation sites (tertiary alicyclic amines) is 1. The summed E-state index contributed by atoms with van der Waals surface area (Å²) in [5, 5.41) is 0. The van der Waals surface area contributed by atoms with Crippen LogP contribution in [-0.4, -0.2) is 42.5 Å². The molecule has 2 heterocycles. The van der Waals surface area contributed by atoms with Crippen LogP contribution in [0.25, 0.3) is 0 Å². The standard InChI is InChI=1S/C22H31N3O2/c1-27-22(17-5-6-24-20(10-17)21(23)26)18-3-2-4-19(22)13-25(12-18)11-14-7-15-9-16(15)8-14/h5-6,10,14-16,18-19H,2-4,7-9,11-13H2,1H3,(H2,23,26)/t14-,15-,16+,18-,19+,22?. The van der Waals surface area contributed by atoms with Gasteiger partial charge >= 0.3 is 0 Å². The van der Waals surface area contributed by atoms with Gasteiger partial charge in [-0.2, -0.15) is 0 Å². The van der Waals surface area contributed by atoms with Crippen LogP contribution in [0.5, 0.6) is 0 Å². The lowest BCUT2D eigenvalue weighted by Crippen LogP contribution is -2.59. The molecule has 2 N–H and O–H groups in total. The smallest absolute Gasteiger partial charge is 0.267 e. The van der Waals surface area contributed by atoms with Crippen molar-refractivity contribution in [3.8, 4) is 0 Å². The van der Waals surface area contributed by atoms with Crippen LogP contribution in [0.15, 0.2) is 18.3 Å². The number of hydrogen-bond acceptors (Lipinski definition) is 4. The maximum absolute atomic E-state index is 11.7. The summed E-state index contributed by atoms with van der Waals surface area (Å²) in [7, 11) is 1.84. The van der Waals surface area contributed by atoms with E-state index in [0.29, 0.717) is 17.5 Å². The second-order valence-electron chi connectivity index (χ2n) is 9.43. The second kappa shape index (κ2) is 6.56. The Bertz CT molecular complexity index is 712. The molecule has 1 aromatic rings. The highest BCUT2D eigenvalue weighted by atomic mass is 16.5. The highest BCUT2D eigenvalue weighted by Crippen LogP contribution is 2.55. The lowest BCUT2D eigenvalue weighted by Gasteiger charge is -2.55. The molecule has 0 spiro atoms. The van der Waals surface area contributed by atoms with Crippen LogP contribution < -0.4 is 5.73 Å². The third-order valence-electron chi connectivity index (χ3n) is 7.93. The molecule has 146 valence electrons. The molecule has 0 aromatic carbocycles. The first-order valence-electron chi connectivity index (χ1n) is 10.6. The molecule has 3 saturated carbocycles. The molecule has 5 heteroatoms. The summed E-state index contributed by atoms with van der Waals surface area (Å²) in [6, 6.07) is 3.90. The van der Waals surface area contributed by atoms with E-state index in [0.717, 1.165) is 36.4 Å². The number of carbonyl (C=O) groups is 1. The molecule has 2 bridgehead atoms. The topological polar surface area (TPSA) is 68.5 Å². The molecule has 6 atom stereocenters. The summed E-state index contributed by atoms with van der Waals surface area (Å²) in [4.78, 5) is 18.5. The van der Waals surface area contributed by atoms with Gasteiger partial charge in [-0.15, -0.1) is 0 Å². The molecule has 4 aliphatic rings. The number of methoxy groups -OCH3 is 1. The lowest BCUT2D eigenvalue weighted by molar-refractivity contribution is -0.170. The second-order valence-corrected chi connectivity index (χ2v) is 9.43. The molecule has 1 unspecified atom stereocenters. The van der Waals surface area contributed by atoms with Crippen molar-refractivity contribution >= 4 is 5.91 Å². The molecule has 5 nitrogen and oxygen atoms in total. The van der Waals surface area contributed by atoms with Crippen molar-refractivity contribution in [3.05, 3.63) is 29.6 Å². The fourth-order valence-electron chi connectivity index (χ4n) is 6.76. The maximum atomic E-state index is 11.7. The van der Waals surface area contributed by atoms with E-state index in [-0.39, 0.29) is 5.60 Å². The zero-order valence-electron chi connectivity index (χ0n) is 16.3. The first-order valence-corrected chi connectivity index (χ1v) is 10.6. The van der Waals surface area contributed by atoms with Crippen LogP contribution in [0.3, 0.4) is 0 Å². The zero-order chi connectivity index (χ0) is 18.6. The SMILES string of the molecule is COC1(c2ccnc(C(N)=O)c2)[C@@H]2CCC[C@H]1CN(C[C@@H]1C[C@@H]3C[C@@H]3C1)C2. The third-order valence-corrected chi connectivity index (χ3v) is 7.93. The van der Waals surface area contributed by atoms with Crippen molar-refractivity contribution in [1.29, 1.82) is 0 Å². The average Bonchev–Trinajstić information content (AvgIpc) is 3.27. The van der Waals surface area contributed by atoms with Gasteiger partial charge in [-0.25, -0.2) is 0 Å². The molecular weight excluding hydrogens is 338 g/mol. The maximum Gasteiger partial charge on any atom is 0.267 e. The van der Waals surface area contributed by atoms with Crippen molar-refractivity contribution in [3.63, 3.8) is 0 Å². The van der Waals surface area contributed by atoms with E-state index in [2.05, 4.69) is 9.88 Å². The number of rotatable bonds is 5.